The summed E-state index contributed by atoms with van der Waals surface area (Å²) >= 11 is 0. The molecule has 1 fully saturated rings. The van der Waals surface area contributed by atoms with E-state index < -0.39 is 5.82 Å². The number of likely N-dealkylation sites (tertiary alicyclic amines) is 1. The predicted molar refractivity (Wildman–Crippen MR) is 116 cm³/mol. The molecule has 0 aliphatic carbocycles. The zero-order valence-electron chi connectivity index (χ0n) is 18.0. The number of hydrogen-bond acceptors (Lipinski definition) is 3. The van der Waals surface area contributed by atoms with Gasteiger partial charge in [0.25, 0.3) is 5.91 Å². The molecule has 1 heterocycles. The molecule has 3 amide bonds. The molecule has 0 atom stereocenters. The van der Waals surface area contributed by atoms with E-state index in [0.29, 0.717) is 38.0 Å². The van der Waals surface area contributed by atoms with Crippen LogP contribution in [-0.4, -0.2) is 53.7 Å². The van der Waals surface area contributed by atoms with Gasteiger partial charge < -0.3 is 15.1 Å². The van der Waals surface area contributed by atoms with Crippen molar-refractivity contribution in [1.82, 2.24) is 15.1 Å². The zero-order valence-corrected chi connectivity index (χ0v) is 18.0. The van der Waals surface area contributed by atoms with E-state index in [1.807, 2.05) is 6.92 Å². The summed E-state index contributed by atoms with van der Waals surface area (Å²) in [5.41, 5.74) is 1.19. The van der Waals surface area contributed by atoms with Crippen LogP contribution in [0.1, 0.15) is 35.7 Å². The van der Waals surface area contributed by atoms with Gasteiger partial charge in [-0.25, -0.2) is 8.78 Å². The lowest BCUT2D eigenvalue weighted by Crippen LogP contribution is -2.47. The Hall–Kier alpha value is -3.29. The van der Waals surface area contributed by atoms with Gasteiger partial charge in [0.05, 0.1) is 6.54 Å². The van der Waals surface area contributed by atoms with Gasteiger partial charge in [-0.3, -0.25) is 14.4 Å². The van der Waals surface area contributed by atoms with Crippen molar-refractivity contribution < 1.29 is 23.2 Å². The molecule has 8 heteroatoms. The first-order valence-corrected chi connectivity index (χ1v) is 10.7. The van der Waals surface area contributed by atoms with Gasteiger partial charge in [0.15, 0.2) is 0 Å². The Morgan fingerprint density at radius 2 is 1.53 bits per heavy atom. The Kier molecular flexibility index (Phi) is 7.92. The molecule has 170 valence electrons. The van der Waals surface area contributed by atoms with E-state index in [2.05, 4.69) is 5.32 Å². The monoisotopic (exact) mass is 443 g/mol. The van der Waals surface area contributed by atoms with Gasteiger partial charge in [-0.1, -0.05) is 12.1 Å². The molecular weight excluding hydrogens is 416 g/mol. The molecule has 6 nitrogen and oxygen atoms in total. The van der Waals surface area contributed by atoms with Crippen molar-refractivity contribution in [1.29, 1.82) is 0 Å². The molecule has 0 saturated carbocycles. The highest BCUT2D eigenvalue weighted by Gasteiger charge is 2.30. The highest BCUT2D eigenvalue weighted by atomic mass is 19.1. The molecule has 1 saturated heterocycles. The van der Waals surface area contributed by atoms with Crippen LogP contribution in [0.15, 0.2) is 48.5 Å². The third-order valence-electron chi connectivity index (χ3n) is 5.65. The van der Waals surface area contributed by atoms with Crippen LogP contribution in [0.2, 0.25) is 0 Å². The molecule has 0 spiro atoms. The average Bonchev–Trinajstić information content (AvgIpc) is 2.82. The number of benzene rings is 2. The predicted octanol–water partition coefficient (Wildman–Crippen LogP) is 2.98. The topological polar surface area (TPSA) is 69.7 Å². The molecule has 0 aromatic heterocycles. The van der Waals surface area contributed by atoms with Crippen molar-refractivity contribution in [3.63, 3.8) is 0 Å². The maximum Gasteiger partial charge on any atom is 0.253 e. The molecule has 2 aromatic carbocycles. The van der Waals surface area contributed by atoms with Gasteiger partial charge in [0.1, 0.15) is 11.6 Å². The largest absolute Gasteiger partial charge is 0.350 e. The standard InChI is InChI=1S/C24H27F2N3O3/c1-2-28(16-22(30)27-15-17-3-7-20(25)8-4-17)23(31)19-11-13-29(14-12-19)24(32)18-5-9-21(26)10-6-18/h3-10,19H,2,11-16H2,1H3,(H,27,30). The van der Waals surface area contributed by atoms with Gasteiger partial charge in [0.2, 0.25) is 11.8 Å². The molecule has 1 aliphatic heterocycles. The number of likely N-dealkylation sites (N-methyl/N-ethyl adjacent to an activating group) is 1. The van der Waals surface area contributed by atoms with Crippen molar-refractivity contribution in [2.75, 3.05) is 26.2 Å². The Bertz CT molecular complexity index is 940. The fraction of sp³-hybridized carbons (Fsp3) is 0.375. The Morgan fingerprint density at radius 3 is 2.09 bits per heavy atom. The zero-order chi connectivity index (χ0) is 23.1. The van der Waals surface area contributed by atoms with Gasteiger partial charge in [-0.2, -0.15) is 0 Å². The lowest BCUT2D eigenvalue weighted by molar-refractivity contribution is -0.140. The number of amides is 3. The van der Waals surface area contributed by atoms with E-state index in [-0.39, 0.29) is 42.5 Å². The van der Waals surface area contributed by atoms with Crippen molar-refractivity contribution in [3.05, 3.63) is 71.3 Å². The van der Waals surface area contributed by atoms with Crippen LogP contribution in [0.4, 0.5) is 8.78 Å². The van der Waals surface area contributed by atoms with Crippen LogP contribution >= 0.6 is 0 Å². The second-order valence-corrected chi connectivity index (χ2v) is 7.83. The van der Waals surface area contributed by atoms with Crippen LogP contribution in [-0.2, 0) is 16.1 Å². The van der Waals surface area contributed by atoms with Crippen molar-refractivity contribution in [3.8, 4) is 0 Å². The molecule has 0 bridgehead atoms. The average molecular weight is 443 g/mol. The Labute approximate surface area is 186 Å². The fourth-order valence-electron chi connectivity index (χ4n) is 3.74. The summed E-state index contributed by atoms with van der Waals surface area (Å²) in [5, 5.41) is 2.75. The van der Waals surface area contributed by atoms with E-state index in [1.165, 1.54) is 41.3 Å². The van der Waals surface area contributed by atoms with Gasteiger partial charge in [-0.15, -0.1) is 0 Å². The fourth-order valence-corrected chi connectivity index (χ4v) is 3.74. The number of nitrogens with one attached hydrogen (secondary N) is 1. The van der Waals surface area contributed by atoms with Crippen LogP contribution < -0.4 is 5.32 Å². The number of rotatable bonds is 7. The number of halogens is 2. The van der Waals surface area contributed by atoms with Crippen molar-refractivity contribution in [2.45, 2.75) is 26.3 Å². The van der Waals surface area contributed by atoms with Crippen molar-refractivity contribution >= 4 is 17.7 Å². The van der Waals surface area contributed by atoms with E-state index in [9.17, 15) is 23.2 Å². The highest BCUT2D eigenvalue weighted by molar-refractivity contribution is 5.94. The summed E-state index contributed by atoms with van der Waals surface area (Å²) in [4.78, 5) is 41.0. The van der Waals surface area contributed by atoms with Crippen LogP contribution in [0, 0.1) is 17.6 Å². The lowest BCUT2D eigenvalue weighted by Gasteiger charge is -2.34. The molecule has 32 heavy (non-hydrogen) atoms. The van der Waals surface area contributed by atoms with Crippen LogP contribution in [0.3, 0.4) is 0 Å². The van der Waals surface area contributed by atoms with Crippen molar-refractivity contribution in [2.24, 2.45) is 5.92 Å². The van der Waals surface area contributed by atoms with Gasteiger partial charge in [0, 0.05) is 37.7 Å². The summed E-state index contributed by atoms with van der Waals surface area (Å²) in [6.07, 6.45) is 1.03. The minimum absolute atomic E-state index is 0.0503. The van der Waals surface area contributed by atoms with Crippen LogP contribution in [0.25, 0.3) is 0 Å². The first-order valence-electron chi connectivity index (χ1n) is 10.7. The molecule has 0 radical (unpaired) electrons. The minimum atomic E-state index is -0.396. The number of hydrogen-bond donors (Lipinski definition) is 1. The molecule has 1 aliphatic rings. The second kappa shape index (κ2) is 10.8. The van der Waals surface area contributed by atoms with E-state index in [4.69, 9.17) is 0 Å². The summed E-state index contributed by atoms with van der Waals surface area (Å²) in [6.45, 7) is 3.29. The molecule has 0 unspecified atom stereocenters. The first kappa shape index (κ1) is 23.4. The molecular formula is C24H27F2N3O3. The quantitative estimate of drug-likeness (QED) is 0.715. The summed E-state index contributed by atoms with van der Waals surface area (Å²) < 4.78 is 26.0. The molecule has 2 aromatic rings. The Balaban J connectivity index is 1.47. The number of carbonyl (C=O) groups is 3. The number of carbonyl (C=O) groups excluding carboxylic acids is 3. The first-order chi connectivity index (χ1) is 15.4. The molecule has 1 N–H and O–H groups in total. The minimum Gasteiger partial charge on any atom is -0.350 e. The lowest BCUT2D eigenvalue weighted by atomic mass is 9.94. The van der Waals surface area contributed by atoms with Gasteiger partial charge >= 0.3 is 0 Å². The summed E-state index contributed by atoms with van der Waals surface area (Å²) in [6, 6.07) is 11.3. The third kappa shape index (κ3) is 6.12. The third-order valence-corrected chi connectivity index (χ3v) is 5.65. The van der Waals surface area contributed by atoms with E-state index in [0.717, 1.165) is 5.56 Å². The van der Waals surface area contributed by atoms with Gasteiger partial charge in [-0.05, 0) is 61.7 Å². The second-order valence-electron chi connectivity index (χ2n) is 7.83. The Morgan fingerprint density at radius 1 is 0.969 bits per heavy atom. The summed E-state index contributed by atoms with van der Waals surface area (Å²) in [5.74, 6) is -1.55. The smallest absolute Gasteiger partial charge is 0.253 e. The highest BCUT2D eigenvalue weighted by Crippen LogP contribution is 2.21. The number of nitrogens with zero attached hydrogens (tertiary/aromatic N) is 2. The molecule has 3 rings (SSSR count). The number of piperidine rings is 1. The SMILES string of the molecule is CCN(CC(=O)NCc1ccc(F)cc1)C(=O)C1CCN(C(=O)c2ccc(F)cc2)CC1. The van der Waals surface area contributed by atoms with E-state index >= 15 is 0 Å². The van der Waals surface area contributed by atoms with E-state index in [1.54, 1.807) is 17.0 Å². The normalized spacial score (nSPS) is 14.2. The summed E-state index contributed by atoms with van der Waals surface area (Å²) in [7, 11) is 0. The maximum absolute atomic E-state index is 13.1. The maximum atomic E-state index is 13.1. The van der Waals surface area contributed by atoms with Crippen LogP contribution in [0.5, 0.6) is 0 Å².